The van der Waals surface area contributed by atoms with Gasteiger partial charge in [-0.15, -0.1) is 0 Å². The minimum absolute atomic E-state index is 0.104. The molecule has 1 atom stereocenters. The van der Waals surface area contributed by atoms with E-state index in [1.165, 1.54) is 29.2 Å². The smallest absolute Gasteiger partial charge is 0.256 e. The predicted octanol–water partition coefficient (Wildman–Crippen LogP) is 4.49. The summed E-state index contributed by atoms with van der Waals surface area (Å²) in [6.45, 7) is 0.970. The van der Waals surface area contributed by atoms with Crippen LogP contribution in [0.25, 0.3) is 0 Å². The van der Waals surface area contributed by atoms with E-state index in [2.05, 4.69) is 5.32 Å². The van der Waals surface area contributed by atoms with Gasteiger partial charge in [0.05, 0.1) is 19.2 Å². The molecule has 2 aliphatic rings. The number of carbonyl (C=O) groups excluding carboxylic acids is 3. The van der Waals surface area contributed by atoms with Crippen LogP contribution >= 0.6 is 12.2 Å². The minimum atomic E-state index is -0.861. The fraction of sp³-hybridized carbons (Fsp3) is 0.241. The molecule has 3 aromatic carbocycles. The van der Waals surface area contributed by atoms with Crippen molar-refractivity contribution >= 4 is 52.1 Å². The second kappa shape index (κ2) is 11.2. The van der Waals surface area contributed by atoms with Gasteiger partial charge in [-0.2, -0.15) is 0 Å². The Bertz CT molecular complexity index is 1400. The number of rotatable bonds is 8. The van der Waals surface area contributed by atoms with Crippen molar-refractivity contribution in [2.45, 2.75) is 31.8 Å². The van der Waals surface area contributed by atoms with Gasteiger partial charge in [0.2, 0.25) is 11.8 Å². The lowest BCUT2D eigenvalue weighted by Crippen LogP contribution is -2.37. The number of hydrogen-bond donors (Lipinski definition) is 1. The van der Waals surface area contributed by atoms with E-state index >= 15 is 0 Å². The molecule has 0 saturated carbocycles. The SMILES string of the molecule is COc1ccc(NC(=O)CC2C(=O)N(c3ccc(F)cc3)C(=S)N2Cc2ccc(N3CCCC3=O)cc2)cc1. The molecule has 0 aliphatic carbocycles. The van der Waals surface area contributed by atoms with Crippen molar-refractivity contribution in [1.82, 2.24) is 4.90 Å². The Morgan fingerprint density at radius 1 is 1.00 bits per heavy atom. The van der Waals surface area contributed by atoms with Gasteiger partial charge in [0.15, 0.2) is 5.11 Å². The summed E-state index contributed by atoms with van der Waals surface area (Å²) < 4.78 is 18.7. The predicted molar refractivity (Wildman–Crippen MR) is 150 cm³/mol. The summed E-state index contributed by atoms with van der Waals surface area (Å²) in [7, 11) is 1.56. The van der Waals surface area contributed by atoms with Gasteiger partial charge in [0, 0.05) is 30.9 Å². The zero-order valence-electron chi connectivity index (χ0n) is 21.3. The average Bonchev–Trinajstić information content (AvgIpc) is 3.46. The number of nitrogens with one attached hydrogen (secondary N) is 1. The molecular formula is C29H27FN4O4S. The summed E-state index contributed by atoms with van der Waals surface area (Å²) in [4.78, 5) is 43.5. The molecule has 2 aliphatic heterocycles. The van der Waals surface area contributed by atoms with E-state index in [0.717, 1.165) is 17.7 Å². The van der Waals surface area contributed by atoms with E-state index in [-0.39, 0.29) is 35.8 Å². The van der Waals surface area contributed by atoms with Crippen LogP contribution in [0.4, 0.5) is 21.5 Å². The molecule has 2 fully saturated rings. The zero-order chi connectivity index (χ0) is 27.5. The van der Waals surface area contributed by atoms with Crippen LogP contribution in [0, 0.1) is 5.82 Å². The topological polar surface area (TPSA) is 82.2 Å². The van der Waals surface area contributed by atoms with E-state index in [4.69, 9.17) is 17.0 Å². The third kappa shape index (κ3) is 5.61. The molecule has 200 valence electrons. The van der Waals surface area contributed by atoms with E-state index < -0.39 is 11.9 Å². The molecule has 5 rings (SSSR count). The maximum Gasteiger partial charge on any atom is 0.256 e. The number of thiocarbonyl (C=S) groups is 1. The van der Waals surface area contributed by atoms with Crippen molar-refractivity contribution in [1.29, 1.82) is 0 Å². The first-order chi connectivity index (χ1) is 18.8. The van der Waals surface area contributed by atoms with Gasteiger partial charge in [-0.3, -0.25) is 19.3 Å². The van der Waals surface area contributed by atoms with E-state index in [1.54, 1.807) is 41.2 Å². The number of nitrogens with zero attached hydrogens (tertiary/aromatic N) is 3. The summed E-state index contributed by atoms with van der Waals surface area (Å²) in [6.07, 6.45) is 1.25. The van der Waals surface area contributed by atoms with Crippen molar-refractivity contribution in [3.05, 3.63) is 84.2 Å². The highest BCUT2D eigenvalue weighted by Crippen LogP contribution is 2.30. The van der Waals surface area contributed by atoms with Crippen LogP contribution in [0.5, 0.6) is 5.75 Å². The number of anilines is 3. The molecule has 10 heteroatoms. The molecular weight excluding hydrogens is 519 g/mol. The van der Waals surface area contributed by atoms with Gasteiger partial charge in [-0.1, -0.05) is 12.1 Å². The largest absolute Gasteiger partial charge is 0.497 e. The number of methoxy groups -OCH3 is 1. The highest BCUT2D eigenvalue weighted by Gasteiger charge is 2.44. The van der Waals surface area contributed by atoms with Gasteiger partial charge in [-0.25, -0.2) is 4.39 Å². The van der Waals surface area contributed by atoms with Crippen LogP contribution < -0.4 is 19.9 Å². The summed E-state index contributed by atoms with van der Waals surface area (Å²) >= 11 is 5.71. The first-order valence-electron chi connectivity index (χ1n) is 12.6. The van der Waals surface area contributed by atoms with Gasteiger partial charge in [0.25, 0.3) is 5.91 Å². The van der Waals surface area contributed by atoms with Gasteiger partial charge in [0.1, 0.15) is 17.6 Å². The Morgan fingerprint density at radius 2 is 1.67 bits per heavy atom. The quantitative estimate of drug-likeness (QED) is 0.420. The highest BCUT2D eigenvalue weighted by molar-refractivity contribution is 7.80. The molecule has 39 heavy (non-hydrogen) atoms. The first-order valence-corrected chi connectivity index (χ1v) is 13.0. The summed E-state index contributed by atoms with van der Waals surface area (Å²) in [5.74, 6) is -0.386. The summed E-state index contributed by atoms with van der Waals surface area (Å²) in [5, 5.41) is 3.05. The van der Waals surface area contributed by atoms with Crippen LogP contribution in [-0.4, -0.2) is 47.4 Å². The lowest BCUT2D eigenvalue weighted by Gasteiger charge is -2.24. The molecule has 1 unspecified atom stereocenters. The number of benzene rings is 3. The Morgan fingerprint density at radius 3 is 2.28 bits per heavy atom. The fourth-order valence-corrected chi connectivity index (χ4v) is 5.19. The van der Waals surface area contributed by atoms with Gasteiger partial charge in [-0.05, 0) is 84.9 Å². The van der Waals surface area contributed by atoms with Crippen molar-refractivity contribution < 1.29 is 23.5 Å². The Hall–Kier alpha value is -4.31. The molecule has 0 bridgehead atoms. The molecule has 3 amide bonds. The van der Waals surface area contributed by atoms with E-state index in [0.29, 0.717) is 30.1 Å². The molecule has 2 heterocycles. The Kier molecular flexibility index (Phi) is 7.56. The molecule has 0 radical (unpaired) electrons. The van der Waals surface area contributed by atoms with Crippen molar-refractivity contribution in [2.24, 2.45) is 0 Å². The van der Waals surface area contributed by atoms with Crippen LogP contribution in [0.15, 0.2) is 72.8 Å². The van der Waals surface area contributed by atoms with Crippen LogP contribution in [0.2, 0.25) is 0 Å². The van der Waals surface area contributed by atoms with Crippen LogP contribution in [0.1, 0.15) is 24.8 Å². The molecule has 0 aromatic heterocycles. The fourth-order valence-electron chi connectivity index (χ4n) is 4.80. The standard InChI is InChI=1S/C29H27FN4O4S/c1-38-24-14-8-21(9-15-24)31-26(35)17-25-28(37)34(23-12-6-20(30)7-13-23)29(39)33(25)18-19-4-10-22(11-5-19)32-16-2-3-27(32)36/h4-15,25H,2-3,16-18H2,1H3,(H,31,35). The molecule has 0 spiro atoms. The summed E-state index contributed by atoms with van der Waals surface area (Å²) in [6, 6.07) is 19.1. The monoisotopic (exact) mass is 546 g/mol. The maximum absolute atomic E-state index is 13.6. The lowest BCUT2D eigenvalue weighted by atomic mass is 10.1. The second-order valence-corrected chi connectivity index (χ2v) is 9.74. The third-order valence-corrected chi connectivity index (χ3v) is 7.25. The Balaban J connectivity index is 1.37. The van der Waals surface area contributed by atoms with Gasteiger partial charge >= 0.3 is 0 Å². The van der Waals surface area contributed by atoms with Crippen molar-refractivity contribution in [3.63, 3.8) is 0 Å². The van der Waals surface area contributed by atoms with Crippen LogP contribution in [-0.2, 0) is 20.9 Å². The molecule has 3 aromatic rings. The zero-order valence-corrected chi connectivity index (χ0v) is 22.1. The van der Waals surface area contributed by atoms with Gasteiger partial charge < -0.3 is 19.9 Å². The number of ether oxygens (including phenoxy) is 1. The number of hydrogen-bond acceptors (Lipinski definition) is 5. The molecule has 2 saturated heterocycles. The summed E-state index contributed by atoms with van der Waals surface area (Å²) in [5.41, 5.74) is 2.69. The van der Waals surface area contributed by atoms with Crippen molar-refractivity contribution in [2.75, 3.05) is 28.8 Å². The normalized spacial score (nSPS) is 17.2. The second-order valence-electron chi connectivity index (χ2n) is 9.37. The molecule has 1 N–H and O–H groups in total. The Labute approximate surface area is 231 Å². The minimum Gasteiger partial charge on any atom is -0.497 e. The number of halogens is 1. The molecule has 8 nitrogen and oxygen atoms in total. The van der Waals surface area contributed by atoms with E-state index in [1.807, 2.05) is 24.3 Å². The number of carbonyl (C=O) groups is 3. The maximum atomic E-state index is 13.6. The van der Waals surface area contributed by atoms with Crippen LogP contribution in [0.3, 0.4) is 0 Å². The third-order valence-electron chi connectivity index (χ3n) is 6.83. The lowest BCUT2D eigenvalue weighted by molar-refractivity contribution is -0.124. The highest BCUT2D eigenvalue weighted by atomic mass is 32.1. The number of amides is 3. The first kappa shape index (κ1) is 26.3. The van der Waals surface area contributed by atoms with E-state index in [9.17, 15) is 18.8 Å². The average molecular weight is 547 g/mol. The van der Waals surface area contributed by atoms with Crippen molar-refractivity contribution in [3.8, 4) is 5.75 Å².